The Morgan fingerprint density at radius 3 is 2.64 bits per heavy atom. The van der Waals surface area contributed by atoms with Crippen molar-refractivity contribution in [2.24, 2.45) is 11.8 Å². The van der Waals surface area contributed by atoms with E-state index in [1.807, 2.05) is 27.7 Å². The number of ketones is 1. The van der Waals surface area contributed by atoms with Crippen LogP contribution >= 0.6 is 0 Å². The van der Waals surface area contributed by atoms with Gasteiger partial charge in [0.15, 0.2) is 5.78 Å². The SMILES string of the molecule is C=C1C(=O)O[C@@H]2[C@H]3C(C)=CC(=O)C3=C(C)C[C@H](OC(=O)C=C(C)C)[C@@H]12. The number of fused-ring (bicyclic) bond motifs is 3. The first-order valence-corrected chi connectivity index (χ1v) is 8.38. The van der Waals surface area contributed by atoms with E-state index in [0.29, 0.717) is 17.6 Å². The minimum atomic E-state index is -0.578. The number of allylic oxidation sites excluding steroid dienone is 2. The summed E-state index contributed by atoms with van der Waals surface area (Å²) in [6.45, 7) is 11.2. The van der Waals surface area contributed by atoms with Gasteiger partial charge in [0.25, 0.3) is 0 Å². The summed E-state index contributed by atoms with van der Waals surface area (Å²) < 4.78 is 11.2. The Bertz CT molecular complexity index is 776. The molecular formula is C20H22O5. The number of esters is 2. The van der Waals surface area contributed by atoms with Gasteiger partial charge in [-0.25, -0.2) is 9.59 Å². The zero-order valence-corrected chi connectivity index (χ0v) is 14.9. The fraction of sp³-hybridized carbons (Fsp3) is 0.450. The van der Waals surface area contributed by atoms with Crippen LogP contribution in [-0.4, -0.2) is 29.9 Å². The summed E-state index contributed by atoms with van der Waals surface area (Å²) in [4.78, 5) is 36.7. The van der Waals surface area contributed by atoms with Gasteiger partial charge in [0.1, 0.15) is 12.2 Å². The minimum Gasteiger partial charge on any atom is -0.458 e. The van der Waals surface area contributed by atoms with Gasteiger partial charge in [0, 0.05) is 29.6 Å². The van der Waals surface area contributed by atoms with Crippen molar-refractivity contribution < 1.29 is 23.9 Å². The largest absolute Gasteiger partial charge is 0.458 e. The lowest BCUT2D eigenvalue weighted by atomic mass is 9.82. The molecule has 0 N–H and O–H groups in total. The Morgan fingerprint density at radius 1 is 1.32 bits per heavy atom. The molecule has 1 aliphatic heterocycles. The Kier molecular flexibility index (Phi) is 4.27. The summed E-state index contributed by atoms with van der Waals surface area (Å²) in [6.07, 6.45) is 2.27. The van der Waals surface area contributed by atoms with Crippen molar-refractivity contribution in [1.29, 1.82) is 0 Å². The summed E-state index contributed by atoms with van der Waals surface area (Å²) in [6, 6.07) is 0. The topological polar surface area (TPSA) is 69.7 Å². The third-order valence-electron chi connectivity index (χ3n) is 5.06. The number of rotatable bonds is 2. The van der Waals surface area contributed by atoms with Crippen molar-refractivity contribution in [3.8, 4) is 0 Å². The molecule has 1 heterocycles. The third kappa shape index (κ3) is 2.88. The molecule has 0 bridgehead atoms. The highest BCUT2D eigenvalue weighted by Gasteiger charge is 2.53. The molecule has 0 amide bonds. The molecule has 0 aromatic rings. The molecule has 2 aliphatic carbocycles. The number of carbonyl (C=O) groups excluding carboxylic acids is 3. The molecule has 0 aromatic carbocycles. The van der Waals surface area contributed by atoms with Crippen molar-refractivity contribution in [3.05, 3.63) is 46.6 Å². The van der Waals surface area contributed by atoms with Crippen LogP contribution in [0.15, 0.2) is 46.6 Å². The lowest BCUT2D eigenvalue weighted by Crippen LogP contribution is -2.35. The highest BCUT2D eigenvalue weighted by atomic mass is 16.6. The van der Waals surface area contributed by atoms with Gasteiger partial charge in [-0.1, -0.05) is 23.3 Å². The van der Waals surface area contributed by atoms with Crippen molar-refractivity contribution in [2.45, 2.75) is 46.3 Å². The second-order valence-electron chi connectivity index (χ2n) is 7.25. The number of carbonyl (C=O) groups is 3. The molecule has 3 rings (SSSR count). The zero-order valence-electron chi connectivity index (χ0n) is 14.9. The van der Waals surface area contributed by atoms with Gasteiger partial charge in [0.05, 0.1) is 5.92 Å². The van der Waals surface area contributed by atoms with Gasteiger partial charge >= 0.3 is 11.9 Å². The summed E-state index contributed by atoms with van der Waals surface area (Å²) in [7, 11) is 0. The second-order valence-corrected chi connectivity index (χ2v) is 7.25. The summed E-state index contributed by atoms with van der Waals surface area (Å²) in [5.74, 6) is -1.73. The molecule has 4 atom stereocenters. The van der Waals surface area contributed by atoms with Crippen LogP contribution < -0.4 is 0 Å². The first kappa shape index (κ1) is 17.4. The molecule has 0 aromatic heterocycles. The van der Waals surface area contributed by atoms with Crippen LogP contribution in [0.1, 0.15) is 34.1 Å². The van der Waals surface area contributed by atoms with E-state index < -0.39 is 30.1 Å². The third-order valence-corrected chi connectivity index (χ3v) is 5.06. The normalized spacial score (nSPS) is 31.0. The van der Waals surface area contributed by atoms with Crippen molar-refractivity contribution in [2.75, 3.05) is 0 Å². The van der Waals surface area contributed by atoms with E-state index in [0.717, 1.165) is 16.7 Å². The Labute approximate surface area is 147 Å². The van der Waals surface area contributed by atoms with E-state index in [1.165, 1.54) is 6.08 Å². The molecule has 1 saturated heterocycles. The Hall–Kier alpha value is -2.43. The minimum absolute atomic E-state index is 0.0522. The molecule has 5 nitrogen and oxygen atoms in total. The average molecular weight is 342 g/mol. The second kappa shape index (κ2) is 6.14. The fourth-order valence-corrected chi connectivity index (χ4v) is 4.05. The van der Waals surface area contributed by atoms with Gasteiger partial charge in [-0.15, -0.1) is 0 Å². The predicted octanol–water partition coefficient (Wildman–Crippen LogP) is 2.83. The van der Waals surface area contributed by atoms with Gasteiger partial charge in [-0.05, 0) is 33.8 Å². The molecule has 0 spiro atoms. The van der Waals surface area contributed by atoms with E-state index in [9.17, 15) is 14.4 Å². The van der Waals surface area contributed by atoms with Gasteiger partial charge in [-0.3, -0.25) is 4.79 Å². The van der Waals surface area contributed by atoms with Gasteiger partial charge in [-0.2, -0.15) is 0 Å². The van der Waals surface area contributed by atoms with E-state index >= 15 is 0 Å². The maximum atomic E-state index is 12.4. The van der Waals surface area contributed by atoms with E-state index in [-0.39, 0.29) is 11.7 Å². The summed E-state index contributed by atoms with van der Waals surface area (Å²) in [5.41, 5.74) is 3.54. The Morgan fingerprint density at radius 2 is 2.00 bits per heavy atom. The van der Waals surface area contributed by atoms with Crippen molar-refractivity contribution in [3.63, 3.8) is 0 Å². The fourth-order valence-electron chi connectivity index (χ4n) is 4.05. The molecule has 0 saturated carbocycles. The summed E-state index contributed by atoms with van der Waals surface area (Å²) in [5, 5.41) is 0. The van der Waals surface area contributed by atoms with E-state index in [2.05, 4.69) is 6.58 Å². The highest BCUT2D eigenvalue weighted by Crippen LogP contribution is 2.48. The number of ether oxygens (including phenoxy) is 2. The van der Waals surface area contributed by atoms with Crippen LogP contribution in [0.2, 0.25) is 0 Å². The molecule has 132 valence electrons. The van der Waals surface area contributed by atoms with Crippen LogP contribution in [-0.2, 0) is 23.9 Å². The van der Waals surface area contributed by atoms with Crippen LogP contribution in [0.4, 0.5) is 0 Å². The van der Waals surface area contributed by atoms with Crippen molar-refractivity contribution in [1.82, 2.24) is 0 Å². The number of hydrogen-bond acceptors (Lipinski definition) is 5. The average Bonchev–Trinajstić information content (AvgIpc) is 2.89. The van der Waals surface area contributed by atoms with Gasteiger partial charge < -0.3 is 9.47 Å². The van der Waals surface area contributed by atoms with Crippen molar-refractivity contribution >= 4 is 17.7 Å². The number of hydrogen-bond donors (Lipinski definition) is 0. The first-order valence-electron chi connectivity index (χ1n) is 8.38. The monoisotopic (exact) mass is 342 g/mol. The molecule has 0 radical (unpaired) electrons. The molecule has 25 heavy (non-hydrogen) atoms. The van der Waals surface area contributed by atoms with Crippen LogP contribution in [0, 0.1) is 11.8 Å². The lowest BCUT2D eigenvalue weighted by Gasteiger charge is -2.27. The first-order chi connectivity index (χ1) is 11.7. The van der Waals surface area contributed by atoms with E-state index in [4.69, 9.17) is 9.47 Å². The lowest BCUT2D eigenvalue weighted by molar-refractivity contribution is -0.147. The van der Waals surface area contributed by atoms with E-state index in [1.54, 1.807) is 6.08 Å². The zero-order chi connectivity index (χ0) is 18.5. The van der Waals surface area contributed by atoms with Gasteiger partial charge in [0.2, 0.25) is 0 Å². The smallest absolute Gasteiger partial charge is 0.334 e. The predicted molar refractivity (Wildman–Crippen MR) is 91.4 cm³/mol. The Balaban J connectivity index is 2.02. The molecule has 0 unspecified atom stereocenters. The van der Waals surface area contributed by atoms with Crippen LogP contribution in [0.25, 0.3) is 0 Å². The summed E-state index contributed by atoms with van der Waals surface area (Å²) >= 11 is 0. The van der Waals surface area contributed by atoms with Crippen LogP contribution in [0.3, 0.4) is 0 Å². The maximum Gasteiger partial charge on any atom is 0.334 e. The molecule has 3 aliphatic rings. The highest BCUT2D eigenvalue weighted by molar-refractivity contribution is 6.09. The van der Waals surface area contributed by atoms with Crippen LogP contribution in [0.5, 0.6) is 0 Å². The molecule has 5 heteroatoms. The quantitative estimate of drug-likeness (QED) is 0.570. The molecule has 1 fully saturated rings. The maximum absolute atomic E-state index is 12.4. The molecular weight excluding hydrogens is 320 g/mol. The standard InChI is InChI=1S/C20H22O5/c1-9(2)6-15(22)24-14-8-11(4)16-13(21)7-10(3)17(16)19-18(14)12(5)20(23)25-19/h6-7,14,17-19H,5,8H2,1-4H3/t14-,17-,18+,19+/m0/s1.